The maximum absolute atomic E-state index is 11.8. The second-order valence-corrected chi connectivity index (χ2v) is 5.13. The highest BCUT2D eigenvalue weighted by Crippen LogP contribution is 2.40. The van der Waals surface area contributed by atoms with Crippen LogP contribution in [0, 0.1) is 0 Å². The Morgan fingerprint density at radius 2 is 1.95 bits per heavy atom. The van der Waals surface area contributed by atoms with E-state index in [0.29, 0.717) is 0 Å². The summed E-state index contributed by atoms with van der Waals surface area (Å²) in [6.07, 6.45) is 0. The van der Waals surface area contributed by atoms with Gasteiger partial charge in [-0.2, -0.15) is 0 Å². The van der Waals surface area contributed by atoms with Gasteiger partial charge < -0.3 is 15.5 Å². The number of nitrogens with one attached hydrogen (secondary N) is 1. The topological polar surface area (TPSA) is 124 Å². The van der Waals surface area contributed by atoms with Crippen molar-refractivity contribution in [2.75, 3.05) is 5.75 Å². The summed E-state index contributed by atoms with van der Waals surface area (Å²) < 4.78 is 0. The standard InChI is InChI=1S/C10H10N2O6S/c1-3(13)11-5-7(14)12-6(10(17)18)4(9(15)16)2-19-8(5)12/h5,8H,2H2,1H3,(H,11,13)(H,15,16)(H,17,18)/t5?,8-/m1/s1. The molecule has 3 N–H and O–H groups in total. The Morgan fingerprint density at radius 1 is 1.32 bits per heavy atom. The molecule has 2 aliphatic rings. The van der Waals surface area contributed by atoms with Crippen LogP contribution in [0.4, 0.5) is 0 Å². The van der Waals surface area contributed by atoms with Crippen LogP contribution in [-0.2, 0) is 19.2 Å². The molecule has 0 aromatic carbocycles. The van der Waals surface area contributed by atoms with Crippen molar-refractivity contribution in [1.29, 1.82) is 0 Å². The number of carboxylic acid groups (broad SMARTS) is 2. The summed E-state index contributed by atoms with van der Waals surface area (Å²) in [6, 6.07) is -0.799. The Labute approximate surface area is 111 Å². The van der Waals surface area contributed by atoms with Crippen LogP contribution in [0.15, 0.2) is 11.3 Å². The van der Waals surface area contributed by atoms with Gasteiger partial charge in [-0.1, -0.05) is 0 Å². The second-order valence-electron chi connectivity index (χ2n) is 4.03. The number of fused-ring (bicyclic) bond motifs is 1. The molecule has 2 rings (SSSR count). The minimum absolute atomic E-state index is 0.0263. The van der Waals surface area contributed by atoms with Crippen molar-refractivity contribution in [1.82, 2.24) is 10.2 Å². The zero-order valence-corrected chi connectivity index (χ0v) is 10.6. The first kappa shape index (κ1) is 13.4. The van der Waals surface area contributed by atoms with Crippen LogP contribution in [0.25, 0.3) is 0 Å². The number of nitrogens with zero attached hydrogens (tertiary/aromatic N) is 1. The van der Waals surface area contributed by atoms with E-state index in [4.69, 9.17) is 10.2 Å². The van der Waals surface area contributed by atoms with Crippen molar-refractivity contribution in [3.8, 4) is 0 Å². The van der Waals surface area contributed by atoms with E-state index in [-0.39, 0.29) is 11.3 Å². The molecular formula is C10H10N2O6S. The Hall–Kier alpha value is -2.03. The molecule has 0 aromatic rings. The van der Waals surface area contributed by atoms with Gasteiger partial charge in [-0.25, -0.2) is 9.59 Å². The van der Waals surface area contributed by atoms with Crippen molar-refractivity contribution in [2.45, 2.75) is 18.3 Å². The molecule has 0 bridgehead atoms. The monoisotopic (exact) mass is 286 g/mol. The van der Waals surface area contributed by atoms with Crippen LogP contribution in [0.5, 0.6) is 0 Å². The Bertz CT molecular complexity index is 528. The average Bonchev–Trinajstić information content (AvgIpc) is 2.33. The van der Waals surface area contributed by atoms with Crippen molar-refractivity contribution < 1.29 is 29.4 Å². The molecule has 2 heterocycles. The molecule has 2 amide bonds. The van der Waals surface area contributed by atoms with E-state index in [9.17, 15) is 19.2 Å². The molecule has 1 fully saturated rings. The number of carboxylic acids is 2. The van der Waals surface area contributed by atoms with E-state index in [1.54, 1.807) is 0 Å². The summed E-state index contributed by atoms with van der Waals surface area (Å²) in [4.78, 5) is 45.8. The minimum Gasteiger partial charge on any atom is -0.478 e. The zero-order valence-electron chi connectivity index (χ0n) is 9.74. The molecular weight excluding hydrogens is 276 g/mol. The summed E-state index contributed by atoms with van der Waals surface area (Å²) >= 11 is 1.11. The summed E-state index contributed by atoms with van der Waals surface area (Å²) in [7, 11) is 0. The van der Waals surface area contributed by atoms with Crippen molar-refractivity contribution >= 4 is 35.5 Å². The highest BCUT2D eigenvalue weighted by Gasteiger charge is 2.54. The molecule has 102 valence electrons. The van der Waals surface area contributed by atoms with Gasteiger partial charge in [0.25, 0.3) is 5.91 Å². The molecule has 0 spiro atoms. The molecule has 0 aromatic heterocycles. The van der Waals surface area contributed by atoms with Gasteiger partial charge in [0, 0.05) is 12.7 Å². The number of carbonyl (C=O) groups is 4. The largest absolute Gasteiger partial charge is 0.478 e. The normalized spacial score (nSPS) is 25.5. The van der Waals surface area contributed by atoms with Gasteiger partial charge in [-0.15, -0.1) is 11.8 Å². The van der Waals surface area contributed by atoms with Gasteiger partial charge in [0.15, 0.2) is 0 Å². The van der Waals surface area contributed by atoms with Gasteiger partial charge in [0.2, 0.25) is 5.91 Å². The molecule has 9 heteroatoms. The highest BCUT2D eigenvalue weighted by atomic mass is 32.2. The maximum Gasteiger partial charge on any atom is 0.353 e. The van der Waals surface area contributed by atoms with E-state index in [0.717, 1.165) is 16.7 Å². The van der Waals surface area contributed by atoms with Gasteiger partial charge in [-0.05, 0) is 0 Å². The van der Waals surface area contributed by atoms with E-state index in [1.807, 2.05) is 0 Å². The summed E-state index contributed by atoms with van der Waals surface area (Å²) in [5.41, 5.74) is -0.828. The molecule has 2 aliphatic heterocycles. The quantitative estimate of drug-likeness (QED) is 0.558. The number of amides is 2. The van der Waals surface area contributed by atoms with Gasteiger partial charge in [-0.3, -0.25) is 14.5 Å². The lowest BCUT2D eigenvalue weighted by molar-refractivity contribution is -0.151. The number of carbonyl (C=O) groups excluding carboxylic acids is 2. The Kier molecular flexibility index (Phi) is 3.23. The van der Waals surface area contributed by atoms with Crippen LogP contribution in [0.3, 0.4) is 0 Å². The van der Waals surface area contributed by atoms with Crippen molar-refractivity contribution in [3.05, 3.63) is 11.3 Å². The van der Waals surface area contributed by atoms with Crippen LogP contribution in [0.2, 0.25) is 0 Å². The average molecular weight is 286 g/mol. The van der Waals surface area contributed by atoms with Crippen molar-refractivity contribution in [3.63, 3.8) is 0 Å². The lowest BCUT2D eigenvalue weighted by Gasteiger charge is -2.48. The number of aliphatic carboxylic acids is 2. The molecule has 19 heavy (non-hydrogen) atoms. The summed E-state index contributed by atoms with van der Waals surface area (Å²) in [5.74, 6) is -3.86. The van der Waals surface area contributed by atoms with Gasteiger partial charge in [0.1, 0.15) is 17.1 Å². The molecule has 1 unspecified atom stereocenters. The van der Waals surface area contributed by atoms with Gasteiger partial charge in [0.05, 0.1) is 5.57 Å². The third-order valence-corrected chi connectivity index (χ3v) is 4.07. The van der Waals surface area contributed by atoms with E-state index in [2.05, 4.69) is 5.32 Å². The second kappa shape index (κ2) is 4.57. The fourth-order valence-electron chi connectivity index (χ4n) is 2.00. The molecule has 0 saturated carbocycles. The molecule has 1 saturated heterocycles. The fourth-order valence-corrected chi connectivity index (χ4v) is 3.33. The lowest BCUT2D eigenvalue weighted by Crippen LogP contribution is -2.70. The van der Waals surface area contributed by atoms with Gasteiger partial charge >= 0.3 is 11.9 Å². The highest BCUT2D eigenvalue weighted by molar-refractivity contribution is 8.00. The third kappa shape index (κ3) is 2.05. The first-order valence-electron chi connectivity index (χ1n) is 5.26. The zero-order chi connectivity index (χ0) is 14.3. The number of rotatable bonds is 3. The maximum atomic E-state index is 11.8. The van der Waals surface area contributed by atoms with Crippen LogP contribution in [-0.4, -0.2) is 56.0 Å². The first-order valence-corrected chi connectivity index (χ1v) is 6.31. The van der Waals surface area contributed by atoms with E-state index >= 15 is 0 Å². The SMILES string of the molecule is CC(=O)NC1C(=O)N2C(C(=O)O)=C(C(=O)O)CS[C@H]12. The van der Waals surface area contributed by atoms with Crippen molar-refractivity contribution in [2.24, 2.45) is 0 Å². The van der Waals surface area contributed by atoms with E-state index < -0.39 is 40.9 Å². The summed E-state index contributed by atoms with van der Waals surface area (Å²) in [5, 5.41) is 19.8. The molecule has 8 nitrogen and oxygen atoms in total. The Morgan fingerprint density at radius 3 is 2.42 bits per heavy atom. The predicted molar refractivity (Wildman–Crippen MR) is 63.0 cm³/mol. The molecule has 0 aliphatic carbocycles. The summed E-state index contributed by atoms with van der Waals surface area (Å²) in [6.45, 7) is 1.25. The van der Waals surface area contributed by atoms with Crippen LogP contribution < -0.4 is 5.32 Å². The number of hydrogen-bond acceptors (Lipinski definition) is 5. The first-order chi connectivity index (χ1) is 8.84. The Balaban J connectivity index is 2.33. The number of hydrogen-bond donors (Lipinski definition) is 3. The number of thioether (sulfide) groups is 1. The predicted octanol–water partition coefficient (Wildman–Crippen LogP) is -1.17. The fraction of sp³-hybridized carbons (Fsp3) is 0.400. The van der Waals surface area contributed by atoms with E-state index in [1.165, 1.54) is 6.92 Å². The number of β-lactam (4-membered cyclic amide) rings is 1. The molecule has 0 radical (unpaired) electrons. The minimum atomic E-state index is -1.46. The van der Waals surface area contributed by atoms with Crippen LogP contribution in [0.1, 0.15) is 6.92 Å². The van der Waals surface area contributed by atoms with Crippen LogP contribution >= 0.6 is 11.8 Å². The smallest absolute Gasteiger partial charge is 0.353 e. The molecule has 2 atom stereocenters. The lowest BCUT2D eigenvalue weighted by atomic mass is 10.0. The third-order valence-electron chi connectivity index (χ3n) is 2.79.